The van der Waals surface area contributed by atoms with Gasteiger partial charge in [0.25, 0.3) is 0 Å². The molecule has 6 nitrogen and oxygen atoms in total. The van der Waals surface area contributed by atoms with Gasteiger partial charge in [0.2, 0.25) is 0 Å². The number of halogens is 5. The van der Waals surface area contributed by atoms with E-state index in [1.165, 1.54) is 4.90 Å². The van der Waals surface area contributed by atoms with Crippen LogP contribution in [0.3, 0.4) is 0 Å². The third-order valence-electron chi connectivity index (χ3n) is 7.14. The standard InChI is InChI=1S/C28H31F5N4O2/c1-15-9-19-18-7-5-6-8-22(18)35-24(19)25(37(15)14-28(31,32)33)23-20(29)10-16(11-21(23)30)34-17-12-36(13-17)26(38)39-27(2,3)4/h5-8,10-11,15,17,25,34-35H,9,12-14H2,1-4H3/t15-,25-/m1/s1. The van der Waals surface area contributed by atoms with E-state index in [2.05, 4.69) is 10.3 Å². The lowest BCUT2D eigenvalue weighted by molar-refractivity contribution is -0.155. The average molecular weight is 551 g/mol. The fourth-order valence-electron chi connectivity index (χ4n) is 5.48. The van der Waals surface area contributed by atoms with Crippen LogP contribution >= 0.6 is 0 Å². The zero-order chi connectivity index (χ0) is 28.3. The van der Waals surface area contributed by atoms with Gasteiger partial charge < -0.3 is 19.9 Å². The minimum absolute atomic E-state index is 0.144. The first-order chi connectivity index (χ1) is 18.2. The molecule has 1 saturated heterocycles. The van der Waals surface area contributed by atoms with Crippen molar-refractivity contribution in [2.24, 2.45) is 0 Å². The first-order valence-electron chi connectivity index (χ1n) is 12.9. The second-order valence-electron chi connectivity index (χ2n) is 11.4. The summed E-state index contributed by atoms with van der Waals surface area (Å²) in [5, 5.41) is 3.83. The van der Waals surface area contributed by atoms with Crippen molar-refractivity contribution in [3.8, 4) is 0 Å². The fraction of sp³-hybridized carbons (Fsp3) is 0.464. The van der Waals surface area contributed by atoms with E-state index in [9.17, 15) is 18.0 Å². The van der Waals surface area contributed by atoms with Crippen LogP contribution in [0.15, 0.2) is 36.4 Å². The molecule has 0 bridgehead atoms. The Balaban J connectivity index is 1.44. The molecule has 0 aliphatic carbocycles. The summed E-state index contributed by atoms with van der Waals surface area (Å²) in [6.07, 6.45) is -4.72. The van der Waals surface area contributed by atoms with Crippen LogP contribution in [-0.4, -0.2) is 64.4 Å². The molecule has 5 rings (SSSR count). The van der Waals surface area contributed by atoms with Crippen LogP contribution in [0.4, 0.5) is 32.4 Å². The van der Waals surface area contributed by atoms with Gasteiger partial charge >= 0.3 is 12.3 Å². The quantitative estimate of drug-likeness (QED) is 0.371. The van der Waals surface area contributed by atoms with Crippen molar-refractivity contribution in [1.82, 2.24) is 14.8 Å². The second-order valence-corrected chi connectivity index (χ2v) is 11.4. The molecule has 210 valence electrons. The molecule has 2 aromatic carbocycles. The van der Waals surface area contributed by atoms with Gasteiger partial charge in [0, 0.05) is 47.0 Å². The van der Waals surface area contributed by atoms with Crippen molar-refractivity contribution < 1.29 is 31.5 Å². The lowest BCUT2D eigenvalue weighted by Gasteiger charge is -2.41. The van der Waals surface area contributed by atoms with E-state index in [0.717, 1.165) is 28.0 Å². The number of benzene rings is 2. The lowest BCUT2D eigenvalue weighted by Crippen LogP contribution is -2.57. The van der Waals surface area contributed by atoms with Crippen molar-refractivity contribution in [2.75, 3.05) is 25.0 Å². The Bertz CT molecular complexity index is 1370. The number of likely N-dealkylation sites (tertiary alicyclic amines) is 1. The summed E-state index contributed by atoms with van der Waals surface area (Å²) >= 11 is 0. The Morgan fingerprint density at radius 3 is 2.36 bits per heavy atom. The van der Waals surface area contributed by atoms with Crippen LogP contribution in [0.2, 0.25) is 0 Å². The Labute approximate surface area is 223 Å². The molecule has 0 spiro atoms. The number of carbonyl (C=O) groups is 1. The minimum Gasteiger partial charge on any atom is -0.444 e. The summed E-state index contributed by atoms with van der Waals surface area (Å²) in [7, 11) is 0. The highest BCUT2D eigenvalue weighted by Gasteiger charge is 2.44. The van der Waals surface area contributed by atoms with Crippen molar-refractivity contribution >= 4 is 22.7 Å². The van der Waals surface area contributed by atoms with E-state index in [-0.39, 0.29) is 24.8 Å². The molecular weight excluding hydrogens is 519 g/mol. The summed E-state index contributed by atoms with van der Waals surface area (Å²) in [4.78, 5) is 17.9. The number of rotatable bonds is 4. The first kappa shape index (κ1) is 27.2. The molecule has 2 aliphatic rings. The predicted molar refractivity (Wildman–Crippen MR) is 138 cm³/mol. The molecule has 0 saturated carbocycles. The number of hydrogen-bond donors (Lipinski definition) is 2. The maximum absolute atomic E-state index is 15.7. The molecular formula is C28H31F5N4O2. The van der Waals surface area contributed by atoms with Gasteiger partial charge in [-0.2, -0.15) is 13.2 Å². The molecule has 0 unspecified atom stereocenters. The smallest absolute Gasteiger partial charge is 0.410 e. The Morgan fingerprint density at radius 2 is 1.74 bits per heavy atom. The van der Waals surface area contributed by atoms with E-state index < -0.39 is 53.7 Å². The van der Waals surface area contributed by atoms with Crippen LogP contribution in [-0.2, 0) is 11.2 Å². The number of para-hydroxylation sites is 1. The van der Waals surface area contributed by atoms with E-state index in [4.69, 9.17) is 4.74 Å². The van der Waals surface area contributed by atoms with Gasteiger partial charge in [0.1, 0.15) is 17.2 Å². The Morgan fingerprint density at radius 1 is 1.10 bits per heavy atom. The Kier molecular flexibility index (Phi) is 6.77. The molecule has 11 heteroatoms. The van der Waals surface area contributed by atoms with Gasteiger partial charge in [0.15, 0.2) is 0 Å². The fourth-order valence-corrected chi connectivity index (χ4v) is 5.48. The van der Waals surface area contributed by atoms with Crippen LogP contribution in [0.1, 0.15) is 50.6 Å². The lowest BCUT2D eigenvalue weighted by atomic mass is 9.88. The van der Waals surface area contributed by atoms with Gasteiger partial charge in [-0.05, 0) is 57.9 Å². The third kappa shape index (κ3) is 5.54. The zero-order valence-corrected chi connectivity index (χ0v) is 22.1. The molecule has 1 amide bonds. The summed E-state index contributed by atoms with van der Waals surface area (Å²) in [5.41, 5.74) is 0.897. The summed E-state index contributed by atoms with van der Waals surface area (Å²) in [5.74, 6) is -1.89. The first-order valence-corrected chi connectivity index (χ1v) is 12.9. The van der Waals surface area contributed by atoms with Gasteiger partial charge in [-0.25, -0.2) is 13.6 Å². The van der Waals surface area contributed by atoms with E-state index in [1.54, 1.807) is 39.8 Å². The Hall–Kier alpha value is -3.34. The number of ether oxygens (including phenoxy) is 1. The SMILES string of the molecule is C[C@@H]1Cc2c([nH]c3ccccc23)[C@@H](c2c(F)cc(NC3CN(C(=O)OC(C)(C)C)C3)cc2F)N1CC(F)(F)F. The number of fused-ring (bicyclic) bond motifs is 3. The number of amides is 1. The van der Waals surface area contributed by atoms with Gasteiger partial charge in [-0.3, -0.25) is 4.90 Å². The highest BCUT2D eigenvalue weighted by Crippen LogP contribution is 2.44. The number of anilines is 1. The number of carbonyl (C=O) groups excluding carboxylic acids is 1. The third-order valence-corrected chi connectivity index (χ3v) is 7.14. The van der Waals surface area contributed by atoms with E-state index >= 15 is 8.78 Å². The molecule has 1 fully saturated rings. The highest BCUT2D eigenvalue weighted by atomic mass is 19.4. The van der Waals surface area contributed by atoms with Gasteiger partial charge in [-0.15, -0.1) is 0 Å². The number of nitrogens with one attached hydrogen (secondary N) is 2. The highest BCUT2D eigenvalue weighted by molar-refractivity contribution is 5.85. The number of aromatic amines is 1. The summed E-state index contributed by atoms with van der Waals surface area (Å²) in [6.45, 7) is 6.19. The van der Waals surface area contributed by atoms with E-state index in [0.29, 0.717) is 17.6 Å². The van der Waals surface area contributed by atoms with Crippen molar-refractivity contribution in [3.05, 3.63) is 64.9 Å². The van der Waals surface area contributed by atoms with Crippen molar-refractivity contribution in [1.29, 1.82) is 0 Å². The van der Waals surface area contributed by atoms with Crippen LogP contribution in [0, 0.1) is 11.6 Å². The van der Waals surface area contributed by atoms with Crippen LogP contribution < -0.4 is 5.32 Å². The van der Waals surface area contributed by atoms with E-state index in [1.807, 2.05) is 12.1 Å². The zero-order valence-electron chi connectivity index (χ0n) is 22.1. The largest absolute Gasteiger partial charge is 0.444 e. The molecule has 1 aromatic heterocycles. The topological polar surface area (TPSA) is 60.6 Å². The van der Waals surface area contributed by atoms with Crippen molar-refractivity contribution in [2.45, 2.75) is 64.0 Å². The number of alkyl halides is 3. The monoisotopic (exact) mass is 550 g/mol. The summed E-state index contributed by atoms with van der Waals surface area (Å²) < 4.78 is 77.5. The van der Waals surface area contributed by atoms with Crippen molar-refractivity contribution in [3.63, 3.8) is 0 Å². The maximum atomic E-state index is 15.7. The van der Waals surface area contributed by atoms with Gasteiger partial charge in [-0.1, -0.05) is 18.2 Å². The normalized spacial score (nSPS) is 20.6. The molecule has 2 aliphatic heterocycles. The number of H-pyrrole nitrogens is 1. The molecule has 0 radical (unpaired) electrons. The predicted octanol–water partition coefficient (Wildman–Crippen LogP) is 6.38. The second kappa shape index (κ2) is 9.69. The van der Waals surface area contributed by atoms with Gasteiger partial charge in [0.05, 0.1) is 18.6 Å². The van der Waals surface area contributed by atoms with Crippen LogP contribution in [0.5, 0.6) is 0 Å². The molecule has 2 N–H and O–H groups in total. The molecule has 3 heterocycles. The minimum atomic E-state index is -4.56. The number of aromatic nitrogens is 1. The number of hydrogen-bond acceptors (Lipinski definition) is 4. The average Bonchev–Trinajstić information content (AvgIpc) is 3.13. The van der Waals surface area contributed by atoms with Crippen LogP contribution in [0.25, 0.3) is 10.9 Å². The molecule has 2 atom stereocenters. The molecule has 39 heavy (non-hydrogen) atoms. The summed E-state index contributed by atoms with van der Waals surface area (Å²) in [6, 6.07) is 7.30. The molecule has 3 aromatic rings. The number of nitrogens with zero attached hydrogens (tertiary/aromatic N) is 2. The maximum Gasteiger partial charge on any atom is 0.410 e.